The van der Waals surface area contributed by atoms with Crippen molar-refractivity contribution in [1.29, 1.82) is 0 Å². The third kappa shape index (κ3) is 5.36. The summed E-state index contributed by atoms with van der Waals surface area (Å²) < 4.78 is 0. The maximum absolute atomic E-state index is 9.52. The van der Waals surface area contributed by atoms with Crippen molar-refractivity contribution >= 4 is 11.8 Å². The van der Waals surface area contributed by atoms with Crippen molar-refractivity contribution in [3.05, 3.63) is 41.8 Å². The number of hydrogen-bond donors (Lipinski definition) is 2. The molecule has 0 radical (unpaired) electrons. The molecule has 0 amide bonds. The first-order valence-corrected chi connectivity index (χ1v) is 7.07. The predicted octanol–water partition coefficient (Wildman–Crippen LogP) is 2.84. The van der Waals surface area contributed by atoms with E-state index in [0.717, 1.165) is 34.0 Å². The molecular formula is C14H21N3OS. The van der Waals surface area contributed by atoms with Crippen LogP contribution in [0.2, 0.25) is 0 Å². The van der Waals surface area contributed by atoms with E-state index in [1.165, 1.54) is 5.01 Å². The Bertz CT molecular complexity index is 463. The van der Waals surface area contributed by atoms with Crippen LogP contribution in [-0.4, -0.2) is 27.9 Å². The van der Waals surface area contributed by atoms with Gasteiger partial charge in [0.1, 0.15) is 10.8 Å². The molecule has 5 heteroatoms. The van der Waals surface area contributed by atoms with E-state index in [9.17, 15) is 5.11 Å². The maximum Gasteiger partial charge on any atom is 0.120 e. The first-order valence-electron chi connectivity index (χ1n) is 6.09. The molecule has 19 heavy (non-hydrogen) atoms. The van der Waals surface area contributed by atoms with Gasteiger partial charge in [0.05, 0.1) is 0 Å². The lowest BCUT2D eigenvalue weighted by atomic mass is 10.1. The first kappa shape index (κ1) is 15.6. The number of aryl methyl sites for hydroxylation is 1. The monoisotopic (exact) mass is 279 g/mol. The zero-order valence-corrected chi connectivity index (χ0v) is 12.5. The molecular weight excluding hydrogens is 258 g/mol. The number of hydrazine groups is 1. The molecule has 0 aliphatic heterocycles. The topological polar surface area (TPSA) is 62.4 Å². The number of nitrogens with zero attached hydrogens (tertiary/aromatic N) is 2. The van der Waals surface area contributed by atoms with Crippen molar-refractivity contribution in [2.24, 2.45) is 5.84 Å². The zero-order valence-electron chi connectivity index (χ0n) is 11.7. The Labute approximate surface area is 119 Å². The maximum atomic E-state index is 9.52. The van der Waals surface area contributed by atoms with Crippen LogP contribution in [0.5, 0.6) is 5.75 Å². The number of allylic oxidation sites excluding steroid dienone is 1. The molecule has 0 aliphatic carbocycles. The van der Waals surface area contributed by atoms with E-state index in [1.807, 2.05) is 13.1 Å². The van der Waals surface area contributed by atoms with E-state index in [1.54, 1.807) is 30.9 Å². The second kappa shape index (κ2) is 7.21. The number of aromatic nitrogens is 1. The molecule has 0 unspecified atom stereocenters. The molecule has 1 aromatic heterocycles. The minimum absolute atomic E-state index is 0.244. The van der Waals surface area contributed by atoms with Crippen molar-refractivity contribution < 1.29 is 5.11 Å². The molecule has 0 atom stereocenters. The summed E-state index contributed by atoms with van der Waals surface area (Å²) in [6.07, 6.45) is 2.76. The summed E-state index contributed by atoms with van der Waals surface area (Å²) in [5.74, 6) is 6.59. The van der Waals surface area contributed by atoms with E-state index >= 15 is 0 Å². The standard InChI is InChI=1S/C14H21N3OS/c1-5-12(8-17(4)15)10(2)9-19-14-7-13(18)6-11(3)16-14/h6-8H,2,5,9,15H2,1,3-4H3,(H,16,18)/b12-8-. The summed E-state index contributed by atoms with van der Waals surface area (Å²) in [6.45, 7) is 8.01. The van der Waals surface area contributed by atoms with Gasteiger partial charge in [-0.25, -0.2) is 10.8 Å². The van der Waals surface area contributed by atoms with Gasteiger partial charge >= 0.3 is 0 Å². The van der Waals surface area contributed by atoms with Crippen LogP contribution in [0.25, 0.3) is 0 Å². The summed E-state index contributed by atoms with van der Waals surface area (Å²) in [4.78, 5) is 4.36. The lowest BCUT2D eigenvalue weighted by Crippen LogP contribution is -2.19. The third-order valence-corrected chi connectivity index (χ3v) is 3.50. The first-order chi connectivity index (χ1) is 8.92. The molecule has 0 saturated heterocycles. The molecule has 3 N–H and O–H groups in total. The van der Waals surface area contributed by atoms with E-state index < -0.39 is 0 Å². The molecule has 0 saturated carbocycles. The van der Waals surface area contributed by atoms with Crippen LogP contribution in [0, 0.1) is 6.92 Å². The fourth-order valence-electron chi connectivity index (χ4n) is 1.63. The average Bonchev–Trinajstić information content (AvgIpc) is 2.31. The van der Waals surface area contributed by atoms with Gasteiger partial charge < -0.3 is 10.1 Å². The minimum Gasteiger partial charge on any atom is -0.508 e. The van der Waals surface area contributed by atoms with Crippen LogP contribution < -0.4 is 5.84 Å². The van der Waals surface area contributed by atoms with Gasteiger partial charge in [-0.05, 0) is 24.5 Å². The minimum atomic E-state index is 0.244. The van der Waals surface area contributed by atoms with Crippen molar-refractivity contribution in [2.45, 2.75) is 25.3 Å². The van der Waals surface area contributed by atoms with Crippen LogP contribution >= 0.6 is 11.8 Å². The normalized spacial score (nSPS) is 11.5. The lowest BCUT2D eigenvalue weighted by molar-refractivity contribution is 0.471. The fourth-order valence-corrected chi connectivity index (χ4v) is 2.55. The fraction of sp³-hybridized carbons (Fsp3) is 0.357. The zero-order chi connectivity index (χ0) is 14.4. The van der Waals surface area contributed by atoms with E-state index in [2.05, 4.69) is 18.5 Å². The molecule has 0 aliphatic rings. The van der Waals surface area contributed by atoms with E-state index in [-0.39, 0.29) is 5.75 Å². The Morgan fingerprint density at radius 3 is 2.79 bits per heavy atom. The second-order valence-electron chi connectivity index (χ2n) is 4.37. The van der Waals surface area contributed by atoms with Gasteiger partial charge in [-0.2, -0.15) is 0 Å². The van der Waals surface area contributed by atoms with Gasteiger partial charge in [0.15, 0.2) is 0 Å². The highest BCUT2D eigenvalue weighted by Crippen LogP contribution is 2.25. The Morgan fingerprint density at radius 1 is 1.58 bits per heavy atom. The van der Waals surface area contributed by atoms with Gasteiger partial charge in [0.25, 0.3) is 0 Å². The molecule has 1 aromatic rings. The number of hydrogen-bond acceptors (Lipinski definition) is 5. The van der Waals surface area contributed by atoms with E-state index in [0.29, 0.717) is 0 Å². The van der Waals surface area contributed by atoms with Crippen molar-refractivity contribution in [3.8, 4) is 5.75 Å². The highest BCUT2D eigenvalue weighted by molar-refractivity contribution is 7.99. The smallest absolute Gasteiger partial charge is 0.120 e. The molecule has 1 rings (SSSR count). The number of nitrogens with two attached hydrogens (primary N) is 1. The van der Waals surface area contributed by atoms with Crippen LogP contribution in [0.1, 0.15) is 19.0 Å². The SMILES string of the molecule is C=C(CSc1cc(O)cc(C)n1)/C(=C\N(C)N)CC. The van der Waals surface area contributed by atoms with E-state index in [4.69, 9.17) is 5.84 Å². The molecule has 0 spiro atoms. The van der Waals surface area contributed by atoms with Crippen LogP contribution in [-0.2, 0) is 0 Å². The number of pyridine rings is 1. The largest absolute Gasteiger partial charge is 0.508 e. The van der Waals surface area contributed by atoms with Gasteiger partial charge in [-0.15, -0.1) is 11.8 Å². The Morgan fingerprint density at radius 2 is 2.26 bits per heavy atom. The Kier molecular flexibility index (Phi) is 5.92. The summed E-state index contributed by atoms with van der Waals surface area (Å²) in [5.41, 5.74) is 2.95. The predicted molar refractivity (Wildman–Crippen MR) is 80.8 cm³/mol. The number of thioether (sulfide) groups is 1. The highest BCUT2D eigenvalue weighted by Gasteiger charge is 2.05. The van der Waals surface area contributed by atoms with Gasteiger partial charge in [0, 0.05) is 36.8 Å². The van der Waals surface area contributed by atoms with Crippen molar-refractivity contribution in [3.63, 3.8) is 0 Å². The third-order valence-electron chi connectivity index (χ3n) is 2.50. The molecule has 4 nitrogen and oxygen atoms in total. The van der Waals surface area contributed by atoms with Crippen molar-refractivity contribution in [2.75, 3.05) is 12.8 Å². The quantitative estimate of drug-likeness (QED) is 0.363. The highest BCUT2D eigenvalue weighted by atomic mass is 32.2. The van der Waals surface area contributed by atoms with Crippen molar-refractivity contribution in [1.82, 2.24) is 9.99 Å². The molecule has 0 fully saturated rings. The van der Waals surface area contributed by atoms with Crippen LogP contribution in [0.3, 0.4) is 0 Å². The molecule has 0 aromatic carbocycles. The Balaban J connectivity index is 2.68. The Hall–Kier alpha value is -1.46. The number of rotatable bonds is 6. The average molecular weight is 279 g/mol. The van der Waals surface area contributed by atoms with Gasteiger partial charge in [-0.1, -0.05) is 13.5 Å². The second-order valence-corrected chi connectivity index (χ2v) is 5.37. The molecule has 1 heterocycles. The molecule has 0 bridgehead atoms. The summed E-state index contributed by atoms with van der Waals surface area (Å²) in [7, 11) is 1.79. The summed E-state index contributed by atoms with van der Waals surface area (Å²) >= 11 is 1.56. The van der Waals surface area contributed by atoms with Gasteiger partial charge in [-0.3, -0.25) is 0 Å². The summed E-state index contributed by atoms with van der Waals surface area (Å²) in [6, 6.07) is 3.30. The van der Waals surface area contributed by atoms with Crippen LogP contribution in [0.15, 0.2) is 41.1 Å². The van der Waals surface area contributed by atoms with Crippen LogP contribution in [0.4, 0.5) is 0 Å². The lowest BCUT2D eigenvalue weighted by Gasteiger charge is -2.12. The summed E-state index contributed by atoms with van der Waals surface area (Å²) in [5, 5.41) is 11.9. The number of aromatic hydroxyl groups is 1. The van der Waals surface area contributed by atoms with Gasteiger partial charge in [0.2, 0.25) is 0 Å². The molecule has 104 valence electrons.